The Morgan fingerprint density at radius 2 is 1.55 bits per heavy atom. The fourth-order valence-electron chi connectivity index (χ4n) is 2.67. The third-order valence-electron chi connectivity index (χ3n) is 4.39. The van der Waals surface area contributed by atoms with Crippen molar-refractivity contribution in [2.24, 2.45) is 4.99 Å². The van der Waals surface area contributed by atoms with E-state index in [2.05, 4.69) is 20.6 Å². The number of carbonyl (C=O) groups excluding carboxylic acids is 2. The van der Waals surface area contributed by atoms with Crippen molar-refractivity contribution in [3.05, 3.63) is 89.7 Å². The SMILES string of the molecule is COc1cnc(C)c(N/C(=N\C(=O)OCc2ccccc2)NC(=O)OCc2ccccc2)c1. The summed E-state index contributed by atoms with van der Waals surface area (Å²) in [6, 6.07) is 20.0. The van der Waals surface area contributed by atoms with E-state index in [-0.39, 0.29) is 19.2 Å². The van der Waals surface area contributed by atoms with Crippen LogP contribution in [0.3, 0.4) is 0 Å². The molecule has 170 valence electrons. The van der Waals surface area contributed by atoms with Gasteiger partial charge in [-0.3, -0.25) is 10.3 Å². The van der Waals surface area contributed by atoms with Gasteiger partial charge in [0, 0.05) is 6.07 Å². The molecule has 0 fully saturated rings. The number of aliphatic imine (C=N–C) groups is 1. The molecule has 33 heavy (non-hydrogen) atoms. The van der Waals surface area contributed by atoms with Crippen LogP contribution in [0.25, 0.3) is 0 Å². The average Bonchev–Trinajstić information content (AvgIpc) is 2.84. The number of ether oxygens (including phenoxy) is 3. The van der Waals surface area contributed by atoms with Crippen molar-refractivity contribution >= 4 is 23.8 Å². The van der Waals surface area contributed by atoms with Crippen molar-refractivity contribution in [2.75, 3.05) is 12.4 Å². The van der Waals surface area contributed by atoms with E-state index in [1.807, 2.05) is 60.7 Å². The van der Waals surface area contributed by atoms with Crippen molar-refractivity contribution in [3.8, 4) is 5.75 Å². The first-order valence-electron chi connectivity index (χ1n) is 10.1. The summed E-state index contributed by atoms with van der Waals surface area (Å²) in [6.45, 7) is 1.84. The molecule has 9 heteroatoms. The van der Waals surface area contributed by atoms with E-state index in [9.17, 15) is 9.59 Å². The number of benzene rings is 2. The van der Waals surface area contributed by atoms with Gasteiger partial charge < -0.3 is 19.5 Å². The number of guanidine groups is 1. The minimum Gasteiger partial charge on any atom is -0.495 e. The van der Waals surface area contributed by atoms with Crippen LogP contribution in [0, 0.1) is 6.92 Å². The minimum atomic E-state index is -0.891. The fraction of sp³-hybridized carbons (Fsp3) is 0.167. The first-order chi connectivity index (χ1) is 16.0. The van der Waals surface area contributed by atoms with E-state index in [0.717, 1.165) is 11.1 Å². The molecule has 0 saturated heterocycles. The molecule has 3 aromatic rings. The van der Waals surface area contributed by atoms with Gasteiger partial charge in [-0.15, -0.1) is 4.99 Å². The zero-order valence-corrected chi connectivity index (χ0v) is 18.3. The number of methoxy groups -OCH3 is 1. The Labute approximate surface area is 191 Å². The molecule has 3 rings (SSSR count). The number of hydrogen-bond donors (Lipinski definition) is 2. The highest BCUT2D eigenvalue weighted by molar-refractivity contribution is 6.06. The molecule has 0 aliphatic rings. The van der Waals surface area contributed by atoms with Crippen molar-refractivity contribution in [3.63, 3.8) is 0 Å². The van der Waals surface area contributed by atoms with E-state index in [0.29, 0.717) is 17.1 Å². The Balaban J connectivity index is 1.71. The summed E-state index contributed by atoms with van der Waals surface area (Å²) in [5, 5.41) is 5.31. The highest BCUT2D eigenvalue weighted by Gasteiger charge is 2.13. The molecule has 2 amide bonds. The monoisotopic (exact) mass is 448 g/mol. The lowest BCUT2D eigenvalue weighted by Gasteiger charge is -2.14. The number of hydrogen-bond acceptors (Lipinski definition) is 6. The van der Waals surface area contributed by atoms with Crippen LogP contribution >= 0.6 is 0 Å². The number of aryl methyl sites for hydroxylation is 1. The van der Waals surface area contributed by atoms with Gasteiger partial charge in [-0.1, -0.05) is 60.7 Å². The number of pyridine rings is 1. The van der Waals surface area contributed by atoms with Gasteiger partial charge in [-0.05, 0) is 18.1 Å². The fourth-order valence-corrected chi connectivity index (χ4v) is 2.67. The van der Waals surface area contributed by atoms with Gasteiger partial charge in [0.05, 0.1) is 24.7 Å². The van der Waals surface area contributed by atoms with Crippen LogP contribution in [0.2, 0.25) is 0 Å². The van der Waals surface area contributed by atoms with Crippen molar-refractivity contribution in [1.29, 1.82) is 0 Å². The quantitative estimate of drug-likeness (QED) is 0.424. The molecule has 0 bridgehead atoms. The number of nitrogens with zero attached hydrogens (tertiary/aromatic N) is 2. The number of amides is 2. The average molecular weight is 448 g/mol. The Hall–Kier alpha value is -4.40. The Morgan fingerprint density at radius 3 is 2.15 bits per heavy atom. The van der Waals surface area contributed by atoms with Crippen LogP contribution in [-0.4, -0.2) is 30.2 Å². The topological polar surface area (TPSA) is 111 Å². The largest absolute Gasteiger partial charge is 0.495 e. The van der Waals surface area contributed by atoms with Crippen LogP contribution in [0.4, 0.5) is 15.3 Å². The van der Waals surface area contributed by atoms with Crippen LogP contribution < -0.4 is 15.4 Å². The lowest BCUT2D eigenvalue weighted by atomic mass is 10.2. The predicted molar refractivity (Wildman–Crippen MR) is 123 cm³/mol. The third kappa shape index (κ3) is 7.66. The van der Waals surface area contributed by atoms with Gasteiger partial charge in [0.1, 0.15) is 19.0 Å². The summed E-state index contributed by atoms with van der Waals surface area (Å²) in [5.41, 5.74) is 2.70. The van der Waals surface area contributed by atoms with Gasteiger partial charge in [0.15, 0.2) is 0 Å². The third-order valence-corrected chi connectivity index (χ3v) is 4.39. The van der Waals surface area contributed by atoms with E-state index < -0.39 is 12.2 Å². The first-order valence-corrected chi connectivity index (χ1v) is 10.1. The van der Waals surface area contributed by atoms with Gasteiger partial charge in [-0.2, -0.15) is 0 Å². The molecular weight excluding hydrogens is 424 g/mol. The maximum atomic E-state index is 12.3. The van der Waals surface area contributed by atoms with E-state index in [1.165, 1.54) is 7.11 Å². The molecular formula is C24H24N4O5. The molecule has 0 radical (unpaired) electrons. The minimum absolute atomic E-state index is 0.0364. The molecule has 2 aromatic carbocycles. The highest BCUT2D eigenvalue weighted by atomic mass is 16.6. The lowest BCUT2D eigenvalue weighted by molar-refractivity contribution is 0.144. The molecule has 0 saturated carbocycles. The lowest BCUT2D eigenvalue weighted by Crippen LogP contribution is -2.37. The number of carbonyl (C=O) groups is 2. The van der Waals surface area contributed by atoms with E-state index in [1.54, 1.807) is 19.2 Å². The molecule has 0 spiro atoms. The molecule has 0 aliphatic carbocycles. The summed E-state index contributed by atoms with van der Waals surface area (Å²) in [5.74, 6) is 0.310. The maximum Gasteiger partial charge on any atom is 0.437 e. The standard InChI is InChI=1S/C24H24N4O5/c1-17-21(13-20(31-2)14-25-17)26-22(27-23(29)32-15-18-9-5-3-6-10-18)28-24(30)33-16-19-11-7-4-8-12-19/h3-14H,15-16H2,1-2H3,(H2,26,27,28,29,30). The smallest absolute Gasteiger partial charge is 0.437 e. The van der Waals surface area contributed by atoms with Crippen molar-refractivity contribution in [2.45, 2.75) is 20.1 Å². The maximum absolute atomic E-state index is 12.3. The van der Waals surface area contributed by atoms with Gasteiger partial charge >= 0.3 is 12.2 Å². The number of aromatic nitrogens is 1. The van der Waals surface area contributed by atoms with Crippen LogP contribution in [-0.2, 0) is 22.7 Å². The van der Waals surface area contributed by atoms with Crippen molar-refractivity contribution < 1.29 is 23.8 Å². The number of nitrogens with one attached hydrogen (secondary N) is 2. The summed E-state index contributed by atoms with van der Waals surface area (Å²) in [7, 11) is 1.51. The molecule has 0 unspecified atom stereocenters. The molecule has 1 aromatic heterocycles. The molecule has 2 N–H and O–H groups in total. The van der Waals surface area contributed by atoms with Crippen molar-refractivity contribution in [1.82, 2.24) is 10.3 Å². The summed E-state index contributed by atoms with van der Waals surface area (Å²) in [6.07, 6.45) is -0.139. The highest BCUT2D eigenvalue weighted by Crippen LogP contribution is 2.19. The normalized spacial score (nSPS) is 10.8. The summed E-state index contributed by atoms with van der Waals surface area (Å²) in [4.78, 5) is 32.7. The van der Waals surface area contributed by atoms with Crippen LogP contribution in [0.5, 0.6) is 5.75 Å². The van der Waals surface area contributed by atoms with Crippen LogP contribution in [0.15, 0.2) is 77.9 Å². The Bertz CT molecular complexity index is 1100. The summed E-state index contributed by atoms with van der Waals surface area (Å²) < 4.78 is 15.6. The van der Waals surface area contributed by atoms with Gasteiger partial charge in [0.25, 0.3) is 0 Å². The van der Waals surface area contributed by atoms with E-state index in [4.69, 9.17) is 14.2 Å². The number of alkyl carbamates (subject to hydrolysis) is 1. The second-order valence-electron chi connectivity index (χ2n) is 6.82. The first kappa shape index (κ1) is 23.3. The second-order valence-corrected chi connectivity index (χ2v) is 6.82. The van der Waals surface area contributed by atoms with Gasteiger partial charge in [-0.25, -0.2) is 9.59 Å². The molecule has 1 heterocycles. The second kappa shape index (κ2) is 11.8. The van der Waals surface area contributed by atoms with E-state index >= 15 is 0 Å². The predicted octanol–water partition coefficient (Wildman–Crippen LogP) is 4.43. The molecule has 0 aliphatic heterocycles. The van der Waals surface area contributed by atoms with Gasteiger partial charge in [0.2, 0.25) is 5.96 Å². The zero-order valence-electron chi connectivity index (χ0n) is 18.3. The number of anilines is 1. The van der Waals surface area contributed by atoms with Crippen LogP contribution in [0.1, 0.15) is 16.8 Å². The summed E-state index contributed by atoms with van der Waals surface area (Å²) >= 11 is 0. The number of rotatable bonds is 6. The Morgan fingerprint density at radius 1 is 0.939 bits per heavy atom. The molecule has 9 nitrogen and oxygen atoms in total. The Kier molecular flexibility index (Phi) is 8.35. The zero-order chi connectivity index (χ0) is 23.5. The molecule has 0 atom stereocenters.